The predicted molar refractivity (Wildman–Crippen MR) is 113 cm³/mol. The first kappa shape index (κ1) is 20.0. The number of Topliss-reactive ketones (excluding diaryl/α,β-unsaturated/α-hetero) is 1. The first-order valence-electron chi connectivity index (χ1n) is 9.27. The van der Waals surface area contributed by atoms with Crippen molar-refractivity contribution in [2.45, 2.75) is 19.9 Å². The molecule has 3 rings (SSSR count). The van der Waals surface area contributed by atoms with Crippen LogP contribution in [-0.4, -0.2) is 27.3 Å². The molecule has 0 saturated carbocycles. The third kappa shape index (κ3) is 5.87. The molecule has 0 aliphatic heterocycles. The van der Waals surface area contributed by atoms with Gasteiger partial charge < -0.3 is 15.8 Å². The standard InChI is InChI=1S/C22H23N5O2/c1-2-3-10-29-21-15-26-19(14-27-21)20(28)12-16-6-4-7-17(11-16)13-25-18-8-5-9-24-22(18)23/h2-9,11,14-15,25H,10,12-13H2,1H3,(H2,23,24)/b3-2+. The zero-order valence-electron chi connectivity index (χ0n) is 16.2. The minimum atomic E-state index is -0.0980. The van der Waals surface area contributed by atoms with Gasteiger partial charge >= 0.3 is 0 Å². The molecular weight excluding hydrogens is 366 g/mol. The van der Waals surface area contributed by atoms with Gasteiger partial charge in [-0.2, -0.15) is 0 Å². The first-order chi connectivity index (χ1) is 14.2. The maximum absolute atomic E-state index is 12.5. The lowest BCUT2D eigenvalue weighted by Gasteiger charge is -2.09. The average molecular weight is 389 g/mol. The average Bonchev–Trinajstić information content (AvgIpc) is 2.74. The number of nitrogens with two attached hydrogens (primary N) is 1. The number of nitrogens with one attached hydrogen (secondary N) is 1. The number of anilines is 2. The number of hydrogen-bond donors (Lipinski definition) is 2. The molecule has 0 fully saturated rings. The molecule has 0 spiro atoms. The molecule has 0 aliphatic carbocycles. The lowest BCUT2D eigenvalue weighted by Crippen LogP contribution is -2.08. The molecular formula is C22H23N5O2. The summed E-state index contributed by atoms with van der Waals surface area (Å²) in [7, 11) is 0. The van der Waals surface area contributed by atoms with Gasteiger partial charge in [-0.15, -0.1) is 0 Å². The van der Waals surface area contributed by atoms with Crippen LogP contribution >= 0.6 is 0 Å². The Bertz CT molecular complexity index is 987. The Morgan fingerprint density at radius 2 is 2.00 bits per heavy atom. The fourth-order valence-electron chi connectivity index (χ4n) is 2.65. The van der Waals surface area contributed by atoms with Crippen molar-refractivity contribution in [2.24, 2.45) is 0 Å². The Kier molecular flexibility index (Phi) is 6.89. The number of pyridine rings is 1. The number of allylic oxidation sites excluding steroid dienone is 1. The quantitative estimate of drug-likeness (QED) is 0.427. The Morgan fingerprint density at radius 3 is 2.76 bits per heavy atom. The van der Waals surface area contributed by atoms with Gasteiger partial charge in [0.05, 0.1) is 18.1 Å². The topological polar surface area (TPSA) is 103 Å². The number of hydrogen-bond acceptors (Lipinski definition) is 7. The van der Waals surface area contributed by atoms with Gasteiger partial charge in [-0.05, 0) is 30.2 Å². The summed E-state index contributed by atoms with van der Waals surface area (Å²) in [4.78, 5) is 24.9. The highest BCUT2D eigenvalue weighted by Crippen LogP contribution is 2.16. The van der Waals surface area contributed by atoms with Crippen LogP contribution in [-0.2, 0) is 13.0 Å². The predicted octanol–water partition coefficient (Wildman–Crippen LogP) is 3.45. The fourth-order valence-corrected chi connectivity index (χ4v) is 2.65. The zero-order chi connectivity index (χ0) is 20.5. The summed E-state index contributed by atoms with van der Waals surface area (Å²) in [6.45, 7) is 2.91. The van der Waals surface area contributed by atoms with Crippen LogP contribution in [0.2, 0.25) is 0 Å². The molecule has 29 heavy (non-hydrogen) atoms. The molecule has 148 valence electrons. The highest BCUT2D eigenvalue weighted by Gasteiger charge is 2.10. The minimum absolute atomic E-state index is 0.0980. The number of ether oxygens (including phenoxy) is 1. The van der Waals surface area contributed by atoms with Crippen molar-refractivity contribution in [3.63, 3.8) is 0 Å². The highest BCUT2D eigenvalue weighted by molar-refractivity contribution is 5.95. The molecule has 0 saturated heterocycles. The van der Waals surface area contributed by atoms with Crippen LogP contribution in [0, 0.1) is 0 Å². The van der Waals surface area contributed by atoms with Crippen molar-refractivity contribution in [3.05, 3.63) is 84.0 Å². The second-order valence-electron chi connectivity index (χ2n) is 6.33. The third-order valence-electron chi connectivity index (χ3n) is 4.15. The Labute approximate surface area is 169 Å². The normalized spacial score (nSPS) is 10.8. The van der Waals surface area contributed by atoms with E-state index in [1.165, 1.54) is 12.4 Å². The zero-order valence-corrected chi connectivity index (χ0v) is 16.2. The lowest BCUT2D eigenvalue weighted by atomic mass is 10.0. The van der Waals surface area contributed by atoms with Crippen LogP contribution < -0.4 is 15.8 Å². The van der Waals surface area contributed by atoms with Crippen LogP contribution in [0.1, 0.15) is 28.5 Å². The monoisotopic (exact) mass is 389 g/mol. The maximum atomic E-state index is 12.5. The number of carbonyl (C=O) groups excluding carboxylic acids is 1. The fraction of sp³-hybridized carbons (Fsp3) is 0.182. The van der Waals surface area contributed by atoms with Crippen molar-refractivity contribution < 1.29 is 9.53 Å². The van der Waals surface area contributed by atoms with E-state index in [-0.39, 0.29) is 12.2 Å². The molecule has 2 aromatic heterocycles. The first-order valence-corrected chi connectivity index (χ1v) is 9.27. The summed E-state index contributed by atoms with van der Waals surface area (Å²) in [5, 5.41) is 3.26. The number of nitrogen functional groups attached to an aromatic ring is 1. The molecule has 3 N–H and O–H groups in total. The number of ketones is 1. The summed E-state index contributed by atoms with van der Waals surface area (Å²) >= 11 is 0. The van der Waals surface area contributed by atoms with Gasteiger partial charge in [0.1, 0.15) is 18.1 Å². The summed E-state index contributed by atoms with van der Waals surface area (Å²) in [5.74, 6) is 0.747. The van der Waals surface area contributed by atoms with E-state index in [0.29, 0.717) is 30.5 Å². The molecule has 3 aromatic rings. The Balaban J connectivity index is 1.59. The lowest BCUT2D eigenvalue weighted by molar-refractivity contribution is 0.0987. The molecule has 0 atom stereocenters. The molecule has 0 amide bonds. The van der Waals surface area contributed by atoms with Gasteiger partial charge in [0, 0.05) is 19.2 Å². The van der Waals surface area contributed by atoms with E-state index in [2.05, 4.69) is 20.3 Å². The maximum Gasteiger partial charge on any atom is 0.232 e. The summed E-state index contributed by atoms with van der Waals surface area (Å²) in [6, 6.07) is 11.5. The number of nitrogens with zero attached hydrogens (tertiary/aromatic N) is 3. The van der Waals surface area contributed by atoms with Gasteiger partial charge in [-0.25, -0.2) is 15.0 Å². The minimum Gasteiger partial charge on any atom is -0.472 e. The van der Waals surface area contributed by atoms with E-state index in [1.54, 1.807) is 6.20 Å². The molecule has 1 aromatic carbocycles. The molecule has 0 aliphatic rings. The molecule has 2 heterocycles. The number of rotatable bonds is 9. The Morgan fingerprint density at radius 1 is 1.14 bits per heavy atom. The SMILES string of the molecule is C/C=C/COc1cnc(C(=O)Cc2cccc(CNc3cccnc3N)c2)cn1. The van der Waals surface area contributed by atoms with Crippen LogP contribution in [0.15, 0.2) is 67.1 Å². The van der Waals surface area contributed by atoms with Crippen LogP contribution in [0.5, 0.6) is 5.88 Å². The van der Waals surface area contributed by atoms with Crippen molar-refractivity contribution in [1.29, 1.82) is 0 Å². The molecule has 7 nitrogen and oxygen atoms in total. The highest BCUT2D eigenvalue weighted by atomic mass is 16.5. The van der Waals surface area contributed by atoms with Gasteiger partial charge in [0.15, 0.2) is 5.78 Å². The van der Waals surface area contributed by atoms with Crippen molar-refractivity contribution in [3.8, 4) is 5.88 Å². The second kappa shape index (κ2) is 9.98. The largest absolute Gasteiger partial charge is 0.472 e. The number of benzene rings is 1. The van der Waals surface area contributed by atoms with E-state index in [1.807, 2.05) is 55.5 Å². The summed E-state index contributed by atoms with van der Waals surface area (Å²) < 4.78 is 5.39. The van der Waals surface area contributed by atoms with Gasteiger partial charge in [-0.3, -0.25) is 4.79 Å². The van der Waals surface area contributed by atoms with Crippen molar-refractivity contribution in [1.82, 2.24) is 15.0 Å². The van der Waals surface area contributed by atoms with E-state index in [4.69, 9.17) is 10.5 Å². The molecule has 0 radical (unpaired) electrons. The summed E-state index contributed by atoms with van der Waals surface area (Å²) in [6.07, 6.45) is 8.57. The molecule has 0 bridgehead atoms. The van der Waals surface area contributed by atoms with Crippen LogP contribution in [0.3, 0.4) is 0 Å². The van der Waals surface area contributed by atoms with Crippen molar-refractivity contribution >= 4 is 17.3 Å². The third-order valence-corrected chi connectivity index (χ3v) is 4.15. The van der Waals surface area contributed by atoms with E-state index in [0.717, 1.165) is 16.8 Å². The van der Waals surface area contributed by atoms with Gasteiger partial charge in [0.2, 0.25) is 5.88 Å². The Hall–Kier alpha value is -3.74. The molecule has 7 heteroatoms. The van der Waals surface area contributed by atoms with E-state index in [9.17, 15) is 4.79 Å². The number of aromatic nitrogens is 3. The molecule has 0 unspecified atom stereocenters. The second-order valence-corrected chi connectivity index (χ2v) is 6.33. The van der Waals surface area contributed by atoms with Gasteiger partial charge in [0.25, 0.3) is 0 Å². The van der Waals surface area contributed by atoms with Crippen LogP contribution in [0.25, 0.3) is 0 Å². The van der Waals surface area contributed by atoms with Crippen LogP contribution in [0.4, 0.5) is 11.5 Å². The van der Waals surface area contributed by atoms with Gasteiger partial charge in [-0.1, -0.05) is 36.4 Å². The summed E-state index contributed by atoms with van der Waals surface area (Å²) in [5.41, 5.74) is 8.89. The van der Waals surface area contributed by atoms with E-state index >= 15 is 0 Å². The van der Waals surface area contributed by atoms with E-state index < -0.39 is 0 Å². The van der Waals surface area contributed by atoms with Crippen molar-refractivity contribution in [2.75, 3.05) is 17.7 Å². The number of carbonyl (C=O) groups is 1. The smallest absolute Gasteiger partial charge is 0.232 e.